The van der Waals surface area contributed by atoms with Crippen molar-refractivity contribution in [2.45, 2.75) is 38.9 Å². The summed E-state index contributed by atoms with van der Waals surface area (Å²) in [5, 5.41) is 10.4. The highest BCUT2D eigenvalue weighted by Crippen LogP contribution is 2.30. The molecule has 2 rings (SSSR count). The predicted molar refractivity (Wildman–Crippen MR) is 77.3 cm³/mol. The molecule has 1 fully saturated rings. The molecule has 0 aliphatic carbocycles. The first-order valence-corrected chi connectivity index (χ1v) is 7.08. The van der Waals surface area contributed by atoms with E-state index in [1.54, 1.807) is 4.90 Å². The minimum atomic E-state index is -0.524. The van der Waals surface area contributed by atoms with Crippen LogP contribution in [0.5, 0.6) is 0 Å². The highest BCUT2D eigenvalue weighted by molar-refractivity contribution is 5.68. The normalized spacial score (nSPS) is 20.8. The van der Waals surface area contributed by atoms with E-state index >= 15 is 0 Å². The molecule has 1 aliphatic rings. The molecule has 2 atom stereocenters. The summed E-state index contributed by atoms with van der Waals surface area (Å²) in [6.07, 6.45) is -0.0149. The Morgan fingerprint density at radius 1 is 1.35 bits per heavy atom. The van der Waals surface area contributed by atoms with Gasteiger partial charge in [0.15, 0.2) is 0 Å². The van der Waals surface area contributed by atoms with Crippen molar-refractivity contribution in [1.82, 2.24) is 4.90 Å². The molecule has 1 N–H and O–H groups in total. The molecule has 4 nitrogen and oxygen atoms in total. The predicted octanol–water partition coefficient (Wildman–Crippen LogP) is 2.98. The Labute approximate surface area is 120 Å². The first-order valence-electron chi connectivity index (χ1n) is 7.08. The SMILES string of the molecule is CC(C)(C)OC(=O)N1CC[C@@H]([C@@H](O)c2ccccc2)C1. The summed E-state index contributed by atoms with van der Waals surface area (Å²) < 4.78 is 5.36. The lowest BCUT2D eigenvalue weighted by atomic mass is 9.95. The number of hydrogen-bond donors (Lipinski definition) is 1. The molecule has 110 valence electrons. The average Bonchev–Trinajstić information content (AvgIpc) is 2.86. The van der Waals surface area contributed by atoms with Crippen LogP contribution in [0.25, 0.3) is 0 Å². The fraction of sp³-hybridized carbons (Fsp3) is 0.562. The van der Waals surface area contributed by atoms with Crippen LogP contribution >= 0.6 is 0 Å². The summed E-state index contributed by atoms with van der Waals surface area (Å²) in [6, 6.07) is 9.59. The second kappa shape index (κ2) is 5.83. The lowest BCUT2D eigenvalue weighted by Crippen LogP contribution is -2.35. The van der Waals surface area contributed by atoms with E-state index in [9.17, 15) is 9.90 Å². The molecular formula is C16H23NO3. The molecule has 20 heavy (non-hydrogen) atoms. The number of carbonyl (C=O) groups excluding carboxylic acids is 1. The maximum atomic E-state index is 12.0. The van der Waals surface area contributed by atoms with Crippen molar-refractivity contribution in [3.05, 3.63) is 35.9 Å². The van der Waals surface area contributed by atoms with E-state index in [1.807, 2.05) is 51.1 Å². The Kier molecular flexibility index (Phi) is 4.33. The Hall–Kier alpha value is -1.55. The van der Waals surface area contributed by atoms with Crippen LogP contribution in [0, 0.1) is 5.92 Å². The van der Waals surface area contributed by atoms with Crippen LogP contribution in [0.3, 0.4) is 0 Å². The molecule has 1 aliphatic heterocycles. The van der Waals surface area contributed by atoms with Gasteiger partial charge in [-0.25, -0.2) is 4.79 Å². The number of aliphatic hydroxyl groups excluding tert-OH is 1. The lowest BCUT2D eigenvalue weighted by molar-refractivity contribution is 0.0268. The van der Waals surface area contributed by atoms with E-state index in [0.29, 0.717) is 13.1 Å². The van der Waals surface area contributed by atoms with Crippen LogP contribution in [-0.2, 0) is 4.74 Å². The smallest absolute Gasteiger partial charge is 0.410 e. The van der Waals surface area contributed by atoms with Crippen molar-refractivity contribution >= 4 is 6.09 Å². The van der Waals surface area contributed by atoms with Gasteiger partial charge in [0.2, 0.25) is 0 Å². The lowest BCUT2D eigenvalue weighted by Gasteiger charge is -2.25. The molecule has 1 aromatic rings. The number of nitrogens with zero attached hydrogens (tertiary/aromatic N) is 1. The molecule has 1 saturated heterocycles. The highest BCUT2D eigenvalue weighted by atomic mass is 16.6. The van der Waals surface area contributed by atoms with E-state index in [2.05, 4.69) is 0 Å². The van der Waals surface area contributed by atoms with Crippen LogP contribution in [0.4, 0.5) is 4.79 Å². The number of benzene rings is 1. The molecule has 0 aromatic heterocycles. The van der Waals surface area contributed by atoms with Crippen molar-refractivity contribution in [3.63, 3.8) is 0 Å². The van der Waals surface area contributed by atoms with Gasteiger partial charge in [-0.3, -0.25) is 0 Å². The summed E-state index contributed by atoms with van der Waals surface area (Å²) in [7, 11) is 0. The van der Waals surface area contributed by atoms with Gasteiger partial charge in [-0.15, -0.1) is 0 Å². The van der Waals surface area contributed by atoms with Crippen LogP contribution in [-0.4, -0.2) is 34.8 Å². The maximum absolute atomic E-state index is 12.0. The van der Waals surface area contributed by atoms with Gasteiger partial charge in [0, 0.05) is 19.0 Å². The molecule has 0 radical (unpaired) electrons. The summed E-state index contributed by atoms with van der Waals surface area (Å²) >= 11 is 0. The molecule has 0 unspecified atom stereocenters. The zero-order valence-corrected chi connectivity index (χ0v) is 12.4. The van der Waals surface area contributed by atoms with Gasteiger partial charge < -0.3 is 14.7 Å². The van der Waals surface area contributed by atoms with Gasteiger partial charge in [-0.1, -0.05) is 30.3 Å². The van der Waals surface area contributed by atoms with Gasteiger partial charge in [-0.05, 0) is 32.8 Å². The third-order valence-corrected chi connectivity index (χ3v) is 3.46. The topological polar surface area (TPSA) is 49.8 Å². The van der Waals surface area contributed by atoms with E-state index in [1.165, 1.54) is 0 Å². The average molecular weight is 277 g/mol. The van der Waals surface area contributed by atoms with Crippen molar-refractivity contribution in [2.75, 3.05) is 13.1 Å². The quantitative estimate of drug-likeness (QED) is 0.904. The second-order valence-electron chi connectivity index (χ2n) is 6.33. The molecule has 0 spiro atoms. The third kappa shape index (κ3) is 3.73. The number of carbonyl (C=O) groups is 1. The van der Waals surface area contributed by atoms with Crippen LogP contribution in [0.2, 0.25) is 0 Å². The Morgan fingerprint density at radius 2 is 2.00 bits per heavy atom. The maximum Gasteiger partial charge on any atom is 0.410 e. The van der Waals surface area contributed by atoms with Crippen molar-refractivity contribution in [2.24, 2.45) is 5.92 Å². The molecule has 1 heterocycles. The van der Waals surface area contributed by atoms with Crippen LogP contribution < -0.4 is 0 Å². The molecule has 1 amide bonds. The number of aliphatic hydroxyl groups is 1. The van der Waals surface area contributed by atoms with E-state index in [-0.39, 0.29) is 12.0 Å². The largest absolute Gasteiger partial charge is 0.444 e. The number of rotatable bonds is 2. The van der Waals surface area contributed by atoms with Gasteiger partial charge in [0.25, 0.3) is 0 Å². The van der Waals surface area contributed by atoms with E-state index in [4.69, 9.17) is 4.74 Å². The third-order valence-electron chi connectivity index (χ3n) is 3.46. The zero-order valence-electron chi connectivity index (χ0n) is 12.4. The number of likely N-dealkylation sites (tertiary alicyclic amines) is 1. The fourth-order valence-corrected chi connectivity index (χ4v) is 2.46. The minimum Gasteiger partial charge on any atom is -0.444 e. The fourth-order valence-electron chi connectivity index (χ4n) is 2.46. The summed E-state index contributed by atoms with van der Waals surface area (Å²) in [6.45, 7) is 6.76. The van der Waals surface area contributed by atoms with Crippen molar-refractivity contribution in [3.8, 4) is 0 Å². The summed E-state index contributed by atoms with van der Waals surface area (Å²) in [4.78, 5) is 13.7. The first kappa shape index (κ1) is 14.9. The zero-order chi connectivity index (χ0) is 14.8. The summed E-state index contributed by atoms with van der Waals surface area (Å²) in [5.74, 6) is 0.0740. The van der Waals surface area contributed by atoms with Crippen LogP contribution in [0.1, 0.15) is 38.9 Å². The van der Waals surface area contributed by atoms with E-state index in [0.717, 1.165) is 12.0 Å². The van der Waals surface area contributed by atoms with E-state index < -0.39 is 11.7 Å². The molecule has 1 aromatic carbocycles. The van der Waals surface area contributed by atoms with Crippen molar-refractivity contribution in [1.29, 1.82) is 0 Å². The summed E-state index contributed by atoms with van der Waals surface area (Å²) in [5.41, 5.74) is 0.427. The number of ether oxygens (including phenoxy) is 1. The monoisotopic (exact) mass is 277 g/mol. The highest BCUT2D eigenvalue weighted by Gasteiger charge is 2.33. The second-order valence-corrected chi connectivity index (χ2v) is 6.33. The van der Waals surface area contributed by atoms with Crippen molar-refractivity contribution < 1.29 is 14.6 Å². The molecule has 0 saturated carbocycles. The van der Waals surface area contributed by atoms with Gasteiger partial charge >= 0.3 is 6.09 Å². The Balaban J connectivity index is 1.94. The molecular weight excluding hydrogens is 254 g/mol. The Bertz CT molecular complexity index is 453. The number of amides is 1. The standard InChI is InChI=1S/C16H23NO3/c1-16(2,3)20-15(19)17-10-9-13(11-17)14(18)12-7-5-4-6-8-12/h4-8,13-14,18H,9-11H2,1-3H3/t13-,14+/m1/s1. The molecule has 4 heteroatoms. The van der Waals surface area contributed by atoms with Gasteiger partial charge in [0.1, 0.15) is 5.60 Å². The van der Waals surface area contributed by atoms with Crippen LogP contribution in [0.15, 0.2) is 30.3 Å². The van der Waals surface area contributed by atoms with Gasteiger partial charge in [0.05, 0.1) is 6.10 Å². The number of hydrogen-bond acceptors (Lipinski definition) is 3. The molecule has 0 bridgehead atoms. The van der Waals surface area contributed by atoms with Gasteiger partial charge in [-0.2, -0.15) is 0 Å². The first-order chi connectivity index (χ1) is 9.37. The Morgan fingerprint density at radius 3 is 2.60 bits per heavy atom. The minimum absolute atomic E-state index is 0.0740.